The van der Waals surface area contributed by atoms with Crippen molar-refractivity contribution in [2.24, 2.45) is 13.0 Å². The first-order chi connectivity index (χ1) is 7.81. The summed E-state index contributed by atoms with van der Waals surface area (Å²) in [7, 11) is 2.07. The summed E-state index contributed by atoms with van der Waals surface area (Å²) in [4.78, 5) is 4.36. The Kier molecular flexibility index (Phi) is 3.99. The van der Waals surface area contributed by atoms with Crippen LogP contribution in [0.3, 0.4) is 0 Å². The lowest BCUT2D eigenvalue weighted by Crippen LogP contribution is -2.30. The molecule has 0 spiro atoms. The second-order valence-corrected chi connectivity index (χ2v) is 4.85. The minimum absolute atomic E-state index is 0.755. The maximum Gasteiger partial charge on any atom is 0.108 e. The molecule has 90 valence electrons. The van der Waals surface area contributed by atoms with Gasteiger partial charge in [0.05, 0.1) is 0 Å². The molecule has 1 aromatic rings. The van der Waals surface area contributed by atoms with Crippen molar-refractivity contribution in [1.29, 1.82) is 0 Å². The Bertz CT molecular complexity index is 315. The number of imidazole rings is 1. The van der Waals surface area contributed by atoms with E-state index in [1.165, 1.54) is 31.5 Å². The highest BCUT2D eigenvalue weighted by Crippen LogP contribution is 2.34. The second kappa shape index (κ2) is 5.48. The molecule has 2 rings (SSSR count). The number of rotatable bonds is 7. The van der Waals surface area contributed by atoms with Crippen LogP contribution in [0.5, 0.6) is 0 Å². The van der Waals surface area contributed by atoms with E-state index in [-0.39, 0.29) is 0 Å². The van der Waals surface area contributed by atoms with Crippen molar-refractivity contribution < 1.29 is 0 Å². The first-order valence-corrected chi connectivity index (χ1v) is 6.51. The van der Waals surface area contributed by atoms with Crippen LogP contribution in [0, 0.1) is 5.92 Å². The highest BCUT2D eigenvalue weighted by atomic mass is 15.0. The zero-order valence-corrected chi connectivity index (χ0v) is 10.4. The van der Waals surface area contributed by atoms with Crippen LogP contribution in [0.15, 0.2) is 12.4 Å². The zero-order chi connectivity index (χ0) is 11.4. The molecule has 1 saturated carbocycles. The molecule has 1 aromatic heterocycles. The van der Waals surface area contributed by atoms with E-state index < -0.39 is 0 Å². The first-order valence-electron chi connectivity index (χ1n) is 6.51. The molecule has 0 saturated heterocycles. The number of hydrogen-bond acceptors (Lipinski definition) is 2. The maximum atomic E-state index is 4.36. The molecule has 1 fully saturated rings. The molecule has 0 aliphatic heterocycles. The maximum absolute atomic E-state index is 4.36. The number of aryl methyl sites for hydroxylation is 2. The monoisotopic (exact) mass is 221 g/mol. The van der Waals surface area contributed by atoms with Crippen LogP contribution in [0.4, 0.5) is 0 Å². The lowest BCUT2D eigenvalue weighted by atomic mass is 10.0. The van der Waals surface area contributed by atoms with Gasteiger partial charge in [-0.2, -0.15) is 0 Å². The van der Waals surface area contributed by atoms with Crippen LogP contribution in [0.2, 0.25) is 0 Å². The highest BCUT2D eigenvalue weighted by Gasteiger charge is 2.29. The SMILES string of the molecule is CCNC(CCCc1nccn1C)C1CC1. The van der Waals surface area contributed by atoms with Crippen molar-refractivity contribution in [2.45, 2.75) is 45.1 Å². The molecule has 1 atom stereocenters. The van der Waals surface area contributed by atoms with Crippen molar-refractivity contribution in [3.63, 3.8) is 0 Å². The second-order valence-electron chi connectivity index (χ2n) is 4.85. The predicted octanol–water partition coefficient (Wildman–Crippen LogP) is 2.13. The Labute approximate surface area is 98.3 Å². The number of hydrogen-bond donors (Lipinski definition) is 1. The van der Waals surface area contributed by atoms with E-state index in [2.05, 4.69) is 28.8 Å². The average molecular weight is 221 g/mol. The topological polar surface area (TPSA) is 29.9 Å². The Balaban J connectivity index is 1.71. The fourth-order valence-corrected chi connectivity index (χ4v) is 2.38. The summed E-state index contributed by atoms with van der Waals surface area (Å²) in [5.41, 5.74) is 0. The van der Waals surface area contributed by atoms with E-state index in [1.54, 1.807) is 0 Å². The van der Waals surface area contributed by atoms with Gasteiger partial charge in [0.2, 0.25) is 0 Å². The molecule has 0 bridgehead atoms. The van der Waals surface area contributed by atoms with Crippen LogP contribution in [0.25, 0.3) is 0 Å². The first kappa shape index (κ1) is 11.6. The van der Waals surface area contributed by atoms with E-state index in [9.17, 15) is 0 Å². The largest absolute Gasteiger partial charge is 0.338 e. The van der Waals surface area contributed by atoms with Crippen LogP contribution in [0.1, 0.15) is 38.4 Å². The van der Waals surface area contributed by atoms with E-state index in [1.807, 2.05) is 12.4 Å². The Morgan fingerprint density at radius 1 is 1.56 bits per heavy atom. The van der Waals surface area contributed by atoms with Gasteiger partial charge in [0.15, 0.2) is 0 Å². The molecule has 3 nitrogen and oxygen atoms in total. The third-order valence-electron chi connectivity index (χ3n) is 3.49. The van der Waals surface area contributed by atoms with Gasteiger partial charge in [0.25, 0.3) is 0 Å². The molecule has 0 aromatic carbocycles. The molecule has 0 radical (unpaired) electrons. The molecule has 1 heterocycles. The van der Waals surface area contributed by atoms with E-state index in [4.69, 9.17) is 0 Å². The Morgan fingerprint density at radius 2 is 2.38 bits per heavy atom. The number of aromatic nitrogens is 2. The highest BCUT2D eigenvalue weighted by molar-refractivity contribution is 4.92. The predicted molar refractivity (Wildman–Crippen MR) is 66.3 cm³/mol. The molecule has 1 N–H and O–H groups in total. The van der Waals surface area contributed by atoms with Crippen molar-refractivity contribution in [2.75, 3.05) is 6.54 Å². The van der Waals surface area contributed by atoms with Gasteiger partial charge in [0.1, 0.15) is 5.82 Å². The van der Waals surface area contributed by atoms with Gasteiger partial charge in [-0.05, 0) is 38.1 Å². The van der Waals surface area contributed by atoms with Crippen LogP contribution < -0.4 is 5.32 Å². The molecular formula is C13H23N3. The fraction of sp³-hybridized carbons (Fsp3) is 0.769. The summed E-state index contributed by atoms with van der Waals surface area (Å²) < 4.78 is 2.12. The lowest BCUT2D eigenvalue weighted by Gasteiger charge is -2.16. The quantitative estimate of drug-likeness (QED) is 0.764. The zero-order valence-electron chi connectivity index (χ0n) is 10.4. The third-order valence-corrected chi connectivity index (χ3v) is 3.49. The summed E-state index contributed by atoms with van der Waals surface area (Å²) in [5.74, 6) is 2.17. The van der Waals surface area contributed by atoms with Gasteiger partial charge in [-0.15, -0.1) is 0 Å². The van der Waals surface area contributed by atoms with Crippen LogP contribution >= 0.6 is 0 Å². The van der Waals surface area contributed by atoms with Crippen molar-refractivity contribution >= 4 is 0 Å². The van der Waals surface area contributed by atoms with Crippen LogP contribution in [-0.2, 0) is 13.5 Å². The van der Waals surface area contributed by atoms with E-state index in [0.717, 1.165) is 24.9 Å². The smallest absolute Gasteiger partial charge is 0.108 e. The summed E-state index contributed by atoms with van der Waals surface area (Å²) in [6.07, 6.45) is 10.4. The van der Waals surface area contributed by atoms with Crippen LogP contribution in [-0.4, -0.2) is 22.1 Å². The Morgan fingerprint density at radius 3 is 2.94 bits per heavy atom. The molecule has 1 unspecified atom stereocenters. The van der Waals surface area contributed by atoms with Gasteiger partial charge in [-0.25, -0.2) is 4.98 Å². The molecule has 16 heavy (non-hydrogen) atoms. The van der Waals surface area contributed by atoms with Crippen molar-refractivity contribution in [3.8, 4) is 0 Å². The molecule has 1 aliphatic carbocycles. The van der Waals surface area contributed by atoms with E-state index in [0.29, 0.717) is 0 Å². The van der Waals surface area contributed by atoms with Gasteiger partial charge in [-0.3, -0.25) is 0 Å². The molecule has 0 amide bonds. The summed E-state index contributed by atoms with van der Waals surface area (Å²) in [6, 6.07) is 0.755. The fourth-order valence-electron chi connectivity index (χ4n) is 2.38. The normalized spacial score (nSPS) is 17.6. The molecule has 1 aliphatic rings. The summed E-state index contributed by atoms with van der Waals surface area (Å²) in [5, 5.41) is 3.61. The van der Waals surface area contributed by atoms with Gasteiger partial charge in [0, 0.05) is 31.9 Å². The standard InChI is InChI=1S/C13H23N3/c1-3-14-12(11-7-8-11)5-4-6-13-15-9-10-16(13)2/h9-12,14H,3-8H2,1-2H3. The van der Waals surface area contributed by atoms with Gasteiger partial charge < -0.3 is 9.88 Å². The Hall–Kier alpha value is -0.830. The van der Waals surface area contributed by atoms with Crippen molar-refractivity contribution in [3.05, 3.63) is 18.2 Å². The molecule has 3 heteroatoms. The van der Waals surface area contributed by atoms with Gasteiger partial charge in [-0.1, -0.05) is 6.92 Å². The van der Waals surface area contributed by atoms with Crippen molar-refractivity contribution in [1.82, 2.24) is 14.9 Å². The minimum Gasteiger partial charge on any atom is -0.338 e. The molecular weight excluding hydrogens is 198 g/mol. The minimum atomic E-state index is 0.755. The number of nitrogens with one attached hydrogen (secondary N) is 1. The summed E-state index contributed by atoms with van der Waals surface area (Å²) >= 11 is 0. The summed E-state index contributed by atoms with van der Waals surface area (Å²) in [6.45, 7) is 3.30. The third kappa shape index (κ3) is 3.08. The lowest BCUT2D eigenvalue weighted by molar-refractivity contribution is 0.432. The number of nitrogens with zero attached hydrogens (tertiary/aromatic N) is 2. The van der Waals surface area contributed by atoms with Gasteiger partial charge >= 0.3 is 0 Å². The van der Waals surface area contributed by atoms with E-state index >= 15 is 0 Å². The average Bonchev–Trinajstić information content (AvgIpc) is 3.03.